The Morgan fingerprint density at radius 1 is 1.27 bits per heavy atom. The Bertz CT molecular complexity index is 1040. The Balaban J connectivity index is 1.50. The number of hydrogen-bond acceptors (Lipinski definition) is 6. The molecule has 2 aromatic rings. The van der Waals surface area contributed by atoms with E-state index in [0.717, 1.165) is 39.2 Å². The van der Waals surface area contributed by atoms with Gasteiger partial charge in [-0.25, -0.2) is 4.98 Å². The van der Waals surface area contributed by atoms with E-state index in [1.165, 1.54) is 0 Å². The Kier molecular flexibility index (Phi) is 7.17. The molecule has 1 aromatic carbocycles. The number of imide groups is 1. The van der Waals surface area contributed by atoms with Crippen molar-refractivity contribution in [3.8, 4) is 0 Å². The lowest BCUT2D eigenvalue weighted by Crippen LogP contribution is -2.37. The molecular weight excluding hydrogens is 420 g/mol. The van der Waals surface area contributed by atoms with E-state index in [0.29, 0.717) is 16.1 Å². The molecule has 1 aliphatic rings. The molecule has 3 rings (SSSR count). The molecule has 0 radical (unpaired) electrons. The lowest BCUT2D eigenvalue weighted by molar-refractivity contribution is -0.124. The second kappa shape index (κ2) is 9.82. The molecular formula is C21H22N4O3S2. The second-order valence-corrected chi connectivity index (χ2v) is 8.20. The number of benzene rings is 1. The van der Waals surface area contributed by atoms with Crippen LogP contribution in [0.2, 0.25) is 0 Å². The maximum absolute atomic E-state index is 12.5. The normalized spacial score (nSPS) is 15.1. The molecule has 0 atom stereocenters. The van der Waals surface area contributed by atoms with Crippen molar-refractivity contribution in [3.63, 3.8) is 0 Å². The van der Waals surface area contributed by atoms with Crippen LogP contribution >= 0.6 is 24.0 Å². The summed E-state index contributed by atoms with van der Waals surface area (Å²) in [5.74, 6) is -0.483. The van der Waals surface area contributed by atoms with E-state index < -0.39 is 0 Å². The van der Waals surface area contributed by atoms with Crippen LogP contribution in [0, 0.1) is 18.6 Å². The zero-order valence-corrected chi connectivity index (χ0v) is 18.4. The highest BCUT2D eigenvalue weighted by Gasteiger charge is 2.34. The highest BCUT2D eigenvalue weighted by Crippen LogP contribution is 2.31. The van der Waals surface area contributed by atoms with Gasteiger partial charge in [0.15, 0.2) is 4.77 Å². The van der Waals surface area contributed by atoms with Gasteiger partial charge in [0, 0.05) is 30.9 Å². The van der Waals surface area contributed by atoms with E-state index in [9.17, 15) is 14.4 Å². The molecule has 30 heavy (non-hydrogen) atoms. The molecule has 1 aromatic heterocycles. The highest BCUT2D eigenvalue weighted by atomic mass is 32.2. The molecule has 1 saturated heterocycles. The summed E-state index contributed by atoms with van der Waals surface area (Å²) in [6, 6.07) is 9.36. The Hall–Kier alpha value is -2.78. The monoisotopic (exact) mass is 442 g/mol. The van der Waals surface area contributed by atoms with Crippen LogP contribution in [0.5, 0.6) is 0 Å². The van der Waals surface area contributed by atoms with Crippen molar-refractivity contribution in [3.05, 3.63) is 62.5 Å². The molecule has 0 unspecified atom stereocenters. The molecule has 0 saturated carbocycles. The average molecular weight is 443 g/mol. The quantitative estimate of drug-likeness (QED) is 0.503. The first-order chi connectivity index (χ1) is 14.3. The zero-order chi connectivity index (χ0) is 21.7. The largest absolute Gasteiger partial charge is 0.354 e. The fraction of sp³-hybridized carbons (Fsp3) is 0.286. The molecule has 3 amide bonds. The number of nitrogens with zero attached hydrogens (tertiary/aromatic N) is 2. The first-order valence-corrected chi connectivity index (χ1v) is 10.7. The number of aromatic nitrogens is 2. The van der Waals surface area contributed by atoms with E-state index in [4.69, 9.17) is 12.2 Å². The van der Waals surface area contributed by atoms with E-state index in [-0.39, 0.29) is 36.6 Å². The second-order valence-electron chi connectivity index (χ2n) is 6.82. The van der Waals surface area contributed by atoms with Crippen LogP contribution in [0.15, 0.2) is 35.2 Å². The third-order valence-electron chi connectivity index (χ3n) is 4.68. The number of carbonyl (C=O) groups excluding carboxylic acids is 3. The van der Waals surface area contributed by atoms with Crippen molar-refractivity contribution >= 4 is 47.1 Å². The van der Waals surface area contributed by atoms with Crippen LogP contribution in [0.4, 0.5) is 4.79 Å². The summed E-state index contributed by atoms with van der Waals surface area (Å²) in [6.45, 7) is 4.12. The predicted octanol–water partition coefficient (Wildman–Crippen LogP) is 3.54. The lowest BCUT2D eigenvalue weighted by Gasteiger charge is -2.13. The van der Waals surface area contributed by atoms with Gasteiger partial charge < -0.3 is 10.3 Å². The molecule has 0 bridgehead atoms. The van der Waals surface area contributed by atoms with E-state index in [1.807, 2.05) is 44.2 Å². The molecule has 1 fully saturated rings. The minimum Gasteiger partial charge on any atom is -0.354 e. The number of thioether (sulfide) groups is 1. The number of H-pyrrole nitrogens is 1. The van der Waals surface area contributed by atoms with Gasteiger partial charge in [-0.15, -0.1) is 0 Å². The summed E-state index contributed by atoms with van der Waals surface area (Å²) in [7, 11) is 0. The minimum absolute atomic E-state index is 0.139. The standard InChI is InChI=1S/C21H22N4O3S2/c1-13-16(14(2)24-20(29)23-13)8-9-18(26)22-10-11-25-19(27)17(30-21(25)28)12-15-6-4-3-5-7-15/h3-7,12H,8-11H2,1-2H3,(H,22,26)(H,23,24,29)/b17-12+. The number of rotatable bonds is 7. The molecule has 2 heterocycles. The van der Waals surface area contributed by atoms with Gasteiger partial charge in [-0.3, -0.25) is 19.3 Å². The number of aromatic amines is 1. The predicted molar refractivity (Wildman–Crippen MR) is 119 cm³/mol. The Morgan fingerprint density at radius 2 is 2.00 bits per heavy atom. The minimum atomic E-state index is -0.333. The van der Waals surface area contributed by atoms with Crippen molar-refractivity contribution in [1.29, 1.82) is 0 Å². The van der Waals surface area contributed by atoms with Crippen LogP contribution in [0.1, 0.15) is 28.9 Å². The number of aryl methyl sites for hydroxylation is 2. The highest BCUT2D eigenvalue weighted by molar-refractivity contribution is 8.18. The van der Waals surface area contributed by atoms with Crippen molar-refractivity contribution in [2.45, 2.75) is 26.7 Å². The number of carbonyl (C=O) groups is 3. The van der Waals surface area contributed by atoms with Crippen molar-refractivity contribution in [1.82, 2.24) is 20.2 Å². The Labute approximate surface area is 184 Å². The van der Waals surface area contributed by atoms with E-state index >= 15 is 0 Å². The van der Waals surface area contributed by atoms with Gasteiger partial charge in [0.1, 0.15) is 0 Å². The van der Waals surface area contributed by atoms with Crippen LogP contribution in [0.25, 0.3) is 6.08 Å². The summed E-state index contributed by atoms with van der Waals surface area (Å²) in [4.78, 5) is 45.6. The van der Waals surface area contributed by atoms with Gasteiger partial charge in [-0.05, 0) is 61.5 Å². The molecule has 0 aliphatic carbocycles. The summed E-state index contributed by atoms with van der Waals surface area (Å²) in [5.41, 5.74) is 3.55. The SMILES string of the molecule is Cc1nc(=S)[nH]c(C)c1CCC(=O)NCCN1C(=O)S/C(=C/c2ccccc2)C1=O. The fourth-order valence-electron chi connectivity index (χ4n) is 3.15. The van der Waals surface area contributed by atoms with E-state index in [2.05, 4.69) is 15.3 Å². The van der Waals surface area contributed by atoms with Crippen molar-refractivity contribution in [2.24, 2.45) is 0 Å². The van der Waals surface area contributed by atoms with Crippen LogP contribution < -0.4 is 5.32 Å². The fourth-order valence-corrected chi connectivity index (χ4v) is 4.31. The average Bonchev–Trinajstić information content (AvgIpc) is 2.95. The maximum Gasteiger partial charge on any atom is 0.293 e. The molecule has 7 nitrogen and oxygen atoms in total. The first-order valence-electron chi connectivity index (χ1n) is 9.48. The van der Waals surface area contributed by atoms with Gasteiger partial charge in [0.05, 0.1) is 4.91 Å². The van der Waals surface area contributed by atoms with Gasteiger partial charge in [-0.1, -0.05) is 30.3 Å². The van der Waals surface area contributed by atoms with Crippen molar-refractivity contribution in [2.75, 3.05) is 13.1 Å². The van der Waals surface area contributed by atoms with Gasteiger partial charge >= 0.3 is 0 Å². The number of hydrogen-bond donors (Lipinski definition) is 2. The van der Waals surface area contributed by atoms with Crippen molar-refractivity contribution < 1.29 is 14.4 Å². The lowest BCUT2D eigenvalue weighted by atomic mass is 10.1. The van der Waals surface area contributed by atoms with Crippen LogP contribution in [0.3, 0.4) is 0 Å². The van der Waals surface area contributed by atoms with E-state index in [1.54, 1.807) is 6.08 Å². The number of amides is 3. The molecule has 2 N–H and O–H groups in total. The smallest absolute Gasteiger partial charge is 0.293 e. The van der Waals surface area contributed by atoms with Gasteiger partial charge in [0.2, 0.25) is 5.91 Å². The number of nitrogens with one attached hydrogen (secondary N) is 2. The summed E-state index contributed by atoms with van der Waals surface area (Å²) < 4.78 is 0.428. The third kappa shape index (κ3) is 5.43. The third-order valence-corrected chi connectivity index (χ3v) is 5.78. The summed E-state index contributed by atoms with van der Waals surface area (Å²) in [5, 5.41) is 2.45. The van der Waals surface area contributed by atoms with Crippen LogP contribution in [-0.2, 0) is 16.0 Å². The molecule has 1 aliphatic heterocycles. The van der Waals surface area contributed by atoms with Gasteiger partial charge in [0.25, 0.3) is 11.1 Å². The van der Waals surface area contributed by atoms with Crippen LogP contribution in [-0.4, -0.2) is 45.0 Å². The van der Waals surface area contributed by atoms with Gasteiger partial charge in [-0.2, -0.15) is 0 Å². The summed E-state index contributed by atoms with van der Waals surface area (Å²) in [6.07, 6.45) is 2.51. The topological polar surface area (TPSA) is 95.2 Å². The first kappa shape index (κ1) is 21.9. The molecule has 156 valence electrons. The maximum atomic E-state index is 12.5. The molecule has 9 heteroatoms. The molecule has 0 spiro atoms. The summed E-state index contributed by atoms with van der Waals surface area (Å²) >= 11 is 5.96. The zero-order valence-electron chi connectivity index (χ0n) is 16.7. The Morgan fingerprint density at radius 3 is 2.70 bits per heavy atom.